The summed E-state index contributed by atoms with van der Waals surface area (Å²) in [5, 5.41) is -0.666. The second-order valence-electron chi connectivity index (χ2n) is 6.84. The van der Waals surface area contributed by atoms with Crippen LogP contribution in [0.2, 0.25) is 0 Å². The molecule has 2 atom stereocenters. The SMILES string of the molecule is CCOC(=O)[C@H]1CCC[C@@H](S(=O)(=O)c2ccc(S(=O)(=O)N(CC)CC)cc2)C1. The molecule has 0 spiro atoms. The number of carbonyl (C=O) groups excluding carboxylic acids is 1. The normalized spacial score (nSPS) is 20.9. The lowest BCUT2D eigenvalue weighted by molar-refractivity contribution is -0.149. The lowest BCUT2D eigenvalue weighted by atomic mass is 9.89. The maximum absolute atomic E-state index is 13.0. The largest absolute Gasteiger partial charge is 0.466 e. The van der Waals surface area contributed by atoms with Gasteiger partial charge in [0.15, 0.2) is 9.84 Å². The summed E-state index contributed by atoms with van der Waals surface area (Å²) >= 11 is 0. The Bertz CT molecular complexity index is 874. The van der Waals surface area contributed by atoms with Gasteiger partial charge in [0.05, 0.1) is 27.6 Å². The average Bonchev–Trinajstić information content (AvgIpc) is 2.69. The number of hydrogen-bond acceptors (Lipinski definition) is 6. The number of sulfonamides is 1. The molecule has 0 heterocycles. The molecule has 0 unspecified atom stereocenters. The Kier molecular flexibility index (Phi) is 7.64. The average molecular weight is 432 g/mol. The number of carbonyl (C=O) groups is 1. The van der Waals surface area contributed by atoms with E-state index in [9.17, 15) is 21.6 Å². The third-order valence-corrected chi connectivity index (χ3v) is 9.48. The highest BCUT2D eigenvalue weighted by Gasteiger charge is 2.36. The fourth-order valence-corrected chi connectivity index (χ4v) is 6.93. The van der Waals surface area contributed by atoms with Gasteiger partial charge in [-0.2, -0.15) is 4.31 Å². The van der Waals surface area contributed by atoms with Crippen molar-refractivity contribution in [1.29, 1.82) is 0 Å². The number of hydrogen-bond donors (Lipinski definition) is 0. The second kappa shape index (κ2) is 9.37. The summed E-state index contributed by atoms with van der Waals surface area (Å²) in [5.41, 5.74) is 0. The van der Waals surface area contributed by atoms with Crippen molar-refractivity contribution >= 4 is 25.8 Å². The van der Waals surface area contributed by atoms with Gasteiger partial charge in [0.2, 0.25) is 10.0 Å². The lowest BCUT2D eigenvalue weighted by Crippen LogP contribution is -2.32. The van der Waals surface area contributed by atoms with Gasteiger partial charge in [-0.3, -0.25) is 4.79 Å². The quantitative estimate of drug-likeness (QED) is 0.587. The minimum absolute atomic E-state index is 0.0724. The molecule has 0 saturated heterocycles. The van der Waals surface area contributed by atoms with Crippen LogP contribution in [0, 0.1) is 5.92 Å². The number of ether oxygens (including phenoxy) is 1. The Morgan fingerprint density at radius 2 is 1.57 bits per heavy atom. The molecule has 28 heavy (non-hydrogen) atoms. The first-order valence-corrected chi connectivity index (χ1v) is 12.7. The van der Waals surface area contributed by atoms with Crippen molar-refractivity contribution in [2.24, 2.45) is 5.92 Å². The van der Waals surface area contributed by atoms with Gasteiger partial charge < -0.3 is 4.74 Å². The number of esters is 1. The minimum Gasteiger partial charge on any atom is -0.466 e. The lowest BCUT2D eigenvalue weighted by Gasteiger charge is -2.27. The molecule has 1 aromatic carbocycles. The maximum atomic E-state index is 13.0. The summed E-state index contributed by atoms with van der Waals surface area (Å²) in [6, 6.07) is 5.37. The van der Waals surface area contributed by atoms with Crippen molar-refractivity contribution in [2.45, 2.75) is 61.5 Å². The molecule has 1 saturated carbocycles. The smallest absolute Gasteiger partial charge is 0.308 e. The molecule has 158 valence electrons. The molecule has 0 aliphatic heterocycles. The van der Waals surface area contributed by atoms with Crippen LogP contribution in [0.4, 0.5) is 0 Å². The van der Waals surface area contributed by atoms with E-state index in [1.165, 1.54) is 28.6 Å². The first kappa shape index (κ1) is 22.8. The van der Waals surface area contributed by atoms with E-state index in [4.69, 9.17) is 4.74 Å². The summed E-state index contributed by atoms with van der Waals surface area (Å²) in [4.78, 5) is 12.2. The Balaban J connectivity index is 2.23. The van der Waals surface area contributed by atoms with Crippen LogP contribution < -0.4 is 0 Å². The van der Waals surface area contributed by atoms with E-state index < -0.39 is 31.0 Å². The van der Waals surface area contributed by atoms with E-state index in [0.717, 1.165) is 0 Å². The van der Waals surface area contributed by atoms with E-state index in [1.807, 2.05) is 0 Å². The van der Waals surface area contributed by atoms with E-state index in [2.05, 4.69) is 0 Å². The van der Waals surface area contributed by atoms with Gasteiger partial charge in [-0.25, -0.2) is 16.8 Å². The standard InChI is InChI=1S/C19H29NO6S2/c1-4-20(5-2)28(24,25)17-12-10-16(11-13-17)27(22,23)18-9-7-8-15(14-18)19(21)26-6-3/h10-13,15,18H,4-9,14H2,1-3H3/t15-,18+/m0/s1. The molecule has 0 radical (unpaired) electrons. The fourth-order valence-electron chi connectivity index (χ4n) is 3.61. The molecule has 7 nitrogen and oxygen atoms in total. The first-order chi connectivity index (χ1) is 13.2. The van der Waals surface area contributed by atoms with Crippen molar-refractivity contribution in [3.63, 3.8) is 0 Å². The van der Waals surface area contributed by atoms with Crippen molar-refractivity contribution in [3.8, 4) is 0 Å². The molecule has 0 aromatic heterocycles. The van der Waals surface area contributed by atoms with Gasteiger partial charge in [0, 0.05) is 13.1 Å². The van der Waals surface area contributed by atoms with Gasteiger partial charge in [-0.1, -0.05) is 20.3 Å². The zero-order chi connectivity index (χ0) is 20.9. The monoisotopic (exact) mass is 431 g/mol. The third kappa shape index (κ3) is 4.75. The molecule has 1 aromatic rings. The molecule has 1 aliphatic carbocycles. The van der Waals surface area contributed by atoms with Gasteiger partial charge in [0.25, 0.3) is 0 Å². The summed E-state index contributed by atoms with van der Waals surface area (Å²) in [6.07, 6.45) is 1.99. The first-order valence-electron chi connectivity index (χ1n) is 9.69. The number of rotatable bonds is 8. The molecule has 0 N–H and O–H groups in total. The Labute approximate surface area is 168 Å². The van der Waals surface area contributed by atoms with Crippen LogP contribution in [0.25, 0.3) is 0 Å². The highest BCUT2D eigenvalue weighted by atomic mass is 32.2. The summed E-state index contributed by atoms with van der Waals surface area (Å²) < 4.78 is 57.5. The summed E-state index contributed by atoms with van der Waals surface area (Å²) in [5.74, 6) is -0.751. The Morgan fingerprint density at radius 3 is 2.11 bits per heavy atom. The molecule has 1 fully saturated rings. The van der Waals surface area contributed by atoms with Gasteiger partial charge in [-0.15, -0.1) is 0 Å². The Morgan fingerprint density at radius 1 is 1.00 bits per heavy atom. The minimum atomic E-state index is -3.65. The van der Waals surface area contributed by atoms with Gasteiger partial charge >= 0.3 is 5.97 Å². The molecular weight excluding hydrogens is 402 g/mol. The maximum Gasteiger partial charge on any atom is 0.308 e. The van der Waals surface area contributed by atoms with Crippen molar-refractivity contribution in [1.82, 2.24) is 4.31 Å². The molecule has 2 rings (SSSR count). The van der Waals surface area contributed by atoms with Crippen LogP contribution in [-0.2, 0) is 29.4 Å². The molecule has 0 bridgehead atoms. The summed E-state index contributed by atoms with van der Waals surface area (Å²) in [6.45, 7) is 6.19. The van der Waals surface area contributed by atoms with Crippen molar-refractivity contribution < 1.29 is 26.4 Å². The van der Waals surface area contributed by atoms with Crippen molar-refractivity contribution in [2.75, 3.05) is 19.7 Å². The molecule has 9 heteroatoms. The highest BCUT2D eigenvalue weighted by Crippen LogP contribution is 2.33. The van der Waals surface area contributed by atoms with Crippen LogP contribution in [0.15, 0.2) is 34.1 Å². The van der Waals surface area contributed by atoms with Crippen molar-refractivity contribution in [3.05, 3.63) is 24.3 Å². The second-order valence-corrected chi connectivity index (χ2v) is 11.0. The molecule has 1 aliphatic rings. The molecule has 0 amide bonds. The van der Waals surface area contributed by atoms with Crippen LogP contribution in [-0.4, -0.2) is 52.1 Å². The predicted molar refractivity (Wildman–Crippen MR) is 106 cm³/mol. The topological polar surface area (TPSA) is 97.8 Å². The van der Waals surface area contributed by atoms with Crippen LogP contribution >= 0.6 is 0 Å². The summed E-state index contributed by atoms with van der Waals surface area (Å²) in [7, 11) is -7.29. The van der Waals surface area contributed by atoms with Crippen LogP contribution in [0.1, 0.15) is 46.5 Å². The highest BCUT2D eigenvalue weighted by molar-refractivity contribution is 7.92. The number of nitrogens with zero attached hydrogens (tertiary/aromatic N) is 1. The van der Waals surface area contributed by atoms with Gasteiger partial charge in [0.1, 0.15) is 0 Å². The van der Waals surface area contributed by atoms with E-state index in [-0.39, 0.29) is 28.8 Å². The Hall–Kier alpha value is -1.45. The zero-order valence-corrected chi connectivity index (χ0v) is 18.3. The van der Waals surface area contributed by atoms with E-state index in [1.54, 1.807) is 20.8 Å². The van der Waals surface area contributed by atoms with Crippen LogP contribution in [0.3, 0.4) is 0 Å². The van der Waals surface area contributed by atoms with Crippen LogP contribution in [0.5, 0.6) is 0 Å². The number of sulfone groups is 1. The predicted octanol–water partition coefficient (Wildman–Crippen LogP) is 2.61. The molecular formula is C19H29NO6S2. The van der Waals surface area contributed by atoms with Gasteiger partial charge in [-0.05, 0) is 50.5 Å². The zero-order valence-electron chi connectivity index (χ0n) is 16.6. The van der Waals surface area contributed by atoms with E-state index in [0.29, 0.717) is 32.4 Å². The van der Waals surface area contributed by atoms with E-state index >= 15 is 0 Å². The fraction of sp³-hybridized carbons (Fsp3) is 0.632. The third-order valence-electron chi connectivity index (χ3n) is 5.18. The number of benzene rings is 1.